The van der Waals surface area contributed by atoms with Gasteiger partial charge in [-0.25, -0.2) is 13.1 Å². The molecule has 1 aromatic rings. The minimum atomic E-state index is -3.40. The van der Waals surface area contributed by atoms with Crippen LogP contribution in [0.15, 0.2) is 0 Å². The van der Waals surface area contributed by atoms with Crippen LogP contribution in [0.5, 0.6) is 0 Å². The third-order valence-corrected chi connectivity index (χ3v) is 3.67. The first-order chi connectivity index (χ1) is 7.55. The summed E-state index contributed by atoms with van der Waals surface area (Å²) in [4.78, 5) is 1.20. The van der Waals surface area contributed by atoms with Gasteiger partial charge in [0.25, 0.3) is 5.95 Å². The minimum absolute atomic E-state index is 0.0143. The number of sulfonamides is 1. The molecule has 1 aliphatic heterocycles. The molecular formula is C7H14N6O2S. The molecule has 2 N–H and O–H groups in total. The van der Waals surface area contributed by atoms with Crippen molar-refractivity contribution in [2.45, 2.75) is 18.9 Å². The van der Waals surface area contributed by atoms with E-state index in [1.54, 1.807) is 7.05 Å². The normalized spacial score (nSPS) is 21.2. The first-order valence-corrected chi connectivity index (χ1v) is 6.68. The van der Waals surface area contributed by atoms with Crippen molar-refractivity contribution in [1.29, 1.82) is 0 Å². The monoisotopic (exact) mass is 246 g/mol. The molecule has 1 aromatic heterocycles. The molecule has 1 fully saturated rings. The lowest BCUT2D eigenvalue weighted by Crippen LogP contribution is -2.33. The second kappa shape index (κ2) is 4.34. The van der Waals surface area contributed by atoms with Gasteiger partial charge in [0.15, 0.2) is 0 Å². The standard InChI is InChI=1S/C7H14N6O2S/c1-13-10-7(9-12-13)11-16(14,15)5-6-3-2-4-8-6/h6,8H,2-5H2,1H3,(H,10,11). The highest BCUT2D eigenvalue weighted by Crippen LogP contribution is 2.08. The van der Waals surface area contributed by atoms with Crippen LogP contribution in [0.25, 0.3) is 0 Å². The lowest BCUT2D eigenvalue weighted by molar-refractivity contribution is 0.581. The Morgan fingerprint density at radius 1 is 1.62 bits per heavy atom. The van der Waals surface area contributed by atoms with E-state index in [-0.39, 0.29) is 17.7 Å². The Labute approximate surface area is 93.5 Å². The Morgan fingerprint density at radius 3 is 3.00 bits per heavy atom. The predicted octanol–water partition coefficient (Wildman–Crippen LogP) is -1.30. The van der Waals surface area contributed by atoms with Gasteiger partial charge in [-0.3, -0.25) is 0 Å². The molecule has 1 unspecified atom stereocenters. The molecule has 0 radical (unpaired) electrons. The molecular weight excluding hydrogens is 232 g/mol. The molecule has 2 heterocycles. The number of rotatable bonds is 4. The molecule has 1 aliphatic rings. The Balaban J connectivity index is 1.96. The quantitative estimate of drug-likeness (QED) is 0.685. The molecule has 2 rings (SSSR count). The maximum atomic E-state index is 11.7. The van der Waals surface area contributed by atoms with Gasteiger partial charge in [0.2, 0.25) is 10.0 Å². The highest BCUT2D eigenvalue weighted by Gasteiger charge is 2.22. The van der Waals surface area contributed by atoms with Gasteiger partial charge in [0, 0.05) is 6.04 Å². The molecule has 1 saturated heterocycles. The van der Waals surface area contributed by atoms with Crippen LogP contribution in [0.4, 0.5) is 5.95 Å². The van der Waals surface area contributed by atoms with Crippen LogP contribution in [0.1, 0.15) is 12.8 Å². The summed E-state index contributed by atoms with van der Waals surface area (Å²) >= 11 is 0. The third-order valence-electron chi connectivity index (χ3n) is 2.34. The van der Waals surface area contributed by atoms with E-state index in [0.717, 1.165) is 19.4 Å². The number of nitrogens with one attached hydrogen (secondary N) is 2. The average molecular weight is 246 g/mol. The zero-order valence-electron chi connectivity index (χ0n) is 8.92. The zero-order chi connectivity index (χ0) is 11.6. The van der Waals surface area contributed by atoms with E-state index in [0.29, 0.717) is 0 Å². The summed E-state index contributed by atoms with van der Waals surface area (Å²) in [5.41, 5.74) is 0. The van der Waals surface area contributed by atoms with Crippen molar-refractivity contribution in [2.75, 3.05) is 17.0 Å². The zero-order valence-corrected chi connectivity index (χ0v) is 9.74. The molecule has 9 heteroatoms. The van der Waals surface area contributed by atoms with Crippen molar-refractivity contribution < 1.29 is 8.42 Å². The van der Waals surface area contributed by atoms with E-state index in [1.807, 2.05) is 0 Å². The predicted molar refractivity (Wildman–Crippen MR) is 57.2 cm³/mol. The van der Waals surface area contributed by atoms with E-state index in [4.69, 9.17) is 0 Å². The van der Waals surface area contributed by atoms with Gasteiger partial charge in [-0.2, -0.15) is 4.80 Å². The highest BCUT2D eigenvalue weighted by molar-refractivity contribution is 7.92. The van der Waals surface area contributed by atoms with Crippen LogP contribution in [0.3, 0.4) is 0 Å². The summed E-state index contributed by atoms with van der Waals surface area (Å²) in [5, 5.41) is 14.0. The van der Waals surface area contributed by atoms with Gasteiger partial charge in [0.1, 0.15) is 0 Å². The Morgan fingerprint density at radius 2 is 2.44 bits per heavy atom. The van der Waals surface area contributed by atoms with Gasteiger partial charge < -0.3 is 5.32 Å². The van der Waals surface area contributed by atoms with Crippen molar-refractivity contribution in [3.63, 3.8) is 0 Å². The summed E-state index contributed by atoms with van der Waals surface area (Å²) in [7, 11) is -1.82. The molecule has 8 nitrogen and oxygen atoms in total. The van der Waals surface area contributed by atoms with E-state index in [2.05, 4.69) is 25.4 Å². The minimum Gasteiger partial charge on any atom is -0.313 e. The maximum absolute atomic E-state index is 11.7. The summed E-state index contributed by atoms with van der Waals surface area (Å²) in [6.45, 7) is 0.879. The second-order valence-electron chi connectivity index (χ2n) is 3.78. The van der Waals surface area contributed by atoms with Gasteiger partial charge in [0.05, 0.1) is 12.8 Å². The number of nitrogens with zero attached hydrogens (tertiary/aromatic N) is 4. The lowest BCUT2D eigenvalue weighted by Gasteiger charge is -2.10. The summed E-state index contributed by atoms with van der Waals surface area (Å²) < 4.78 is 25.7. The molecule has 0 amide bonds. The largest absolute Gasteiger partial charge is 0.313 e. The van der Waals surface area contributed by atoms with Crippen LogP contribution >= 0.6 is 0 Å². The van der Waals surface area contributed by atoms with E-state index < -0.39 is 10.0 Å². The fraction of sp³-hybridized carbons (Fsp3) is 0.857. The number of aryl methyl sites for hydroxylation is 1. The summed E-state index contributed by atoms with van der Waals surface area (Å²) in [6, 6.07) is 0.0224. The first kappa shape index (κ1) is 11.3. The molecule has 0 spiro atoms. The summed E-state index contributed by atoms with van der Waals surface area (Å²) in [5.74, 6) is 0.0612. The fourth-order valence-electron chi connectivity index (χ4n) is 1.67. The van der Waals surface area contributed by atoms with E-state index in [9.17, 15) is 8.42 Å². The summed E-state index contributed by atoms with van der Waals surface area (Å²) in [6.07, 6.45) is 1.90. The van der Waals surface area contributed by atoms with Gasteiger partial charge in [-0.15, -0.1) is 5.10 Å². The fourth-order valence-corrected chi connectivity index (χ4v) is 2.93. The number of tetrazole rings is 1. The Bertz CT molecular complexity index is 449. The van der Waals surface area contributed by atoms with Crippen molar-refractivity contribution in [3.05, 3.63) is 0 Å². The SMILES string of the molecule is Cn1nnc(NS(=O)(=O)CC2CCCN2)n1. The van der Waals surface area contributed by atoms with Crippen LogP contribution in [0.2, 0.25) is 0 Å². The van der Waals surface area contributed by atoms with Crippen LogP contribution in [0, 0.1) is 0 Å². The average Bonchev–Trinajstić information content (AvgIpc) is 2.76. The van der Waals surface area contributed by atoms with Crippen molar-refractivity contribution in [1.82, 2.24) is 25.5 Å². The number of aromatic nitrogens is 4. The van der Waals surface area contributed by atoms with E-state index >= 15 is 0 Å². The van der Waals surface area contributed by atoms with E-state index in [1.165, 1.54) is 4.80 Å². The molecule has 0 saturated carbocycles. The van der Waals surface area contributed by atoms with Crippen LogP contribution in [-0.2, 0) is 17.1 Å². The van der Waals surface area contributed by atoms with Crippen molar-refractivity contribution >= 4 is 16.0 Å². The molecule has 0 aliphatic carbocycles. The lowest BCUT2D eigenvalue weighted by atomic mass is 10.3. The van der Waals surface area contributed by atoms with Crippen molar-refractivity contribution in [3.8, 4) is 0 Å². The number of hydrogen-bond donors (Lipinski definition) is 2. The van der Waals surface area contributed by atoms with Crippen molar-refractivity contribution in [2.24, 2.45) is 7.05 Å². The Hall–Kier alpha value is -1.22. The van der Waals surface area contributed by atoms with Gasteiger partial charge in [-0.05, 0) is 24.6 Å². The number of anilines is 1. The molecule has 16 heavy (non-hydrogen) atoms. The molecule has 0 aromatic carbocycles. The topological polar surface area (TPSA) is 102 Å². The van der Waals surface area contributed by atoms with Crippen LogP contribution in [-0.4, -0.2) is 47.0 Å². The smallest absolute Gasteiger partial charge is 0.276 e. The van der Waals surface area contributed by atoms with Gasteiger partial charge >= 0.3 is 0 Å². The molecule has 1 atom stereocenters. The molecule has 0 bridgehead atoms. The highest BCUT2D eigenvalue weighted by atomic mass is 32.2. The van der Waals surface area contributed by atoms with Gasteiger partial charge in [-0.1, -0.05) is 5.10 Å². The number of hydrogen-bond acceptors (Lipinski definition) is 6. The Kier molecular flexibility index (Phi) is 3.06. The first-order valence-electron chi connectivity index (χ1n) is 5.03. The van der Waals surface area contributed by atoms with Crippen LogP contribution < -0.4 is 10.0 Å². The second-order valence-corrected chi connectivity index (χ2v) is 5.55. The molecule has 90 valence electrons. The maximum Gasteiger partial charge on any atom is 0.276 e. The third kappa shape index (κ3) is 2.89.